The smallest absolute Gasteiger partial charge is 0.254 e. The minimum atomic E-state index is -0.445. The Morgan fingerprint density at radius 1 is 1.08 bits per heavy atom. The van der Waals surface area contributed by atoms with Crippen LogP contribution in [0.3, 0.4) is 0 Å². The van der Waals surface area contributed by atoms with Gasteiger partial charge in [0.05, 0.1) is 28.7 Å². The van der Waals surface area contributed by atoms with Gasteiger partial charge in [-0.3, -0.25) is 4.79 Å². The third-order valence-corrected chi connectivity index (χ3v) is 8.40. The molecule has 3 aliphatic rings. The highest BCUT2D eigenvalue weighted by atomic mass is 16.2. The number of hydrogen-bond donors (Lipinski definition) is 1. The number of amides is 1. The fourth-order valence-corrected chi connectivity index (χ4v) is 6.97. The van der Waals surface area contributed by atoms with Crippen molar-refractivity contribution in [2.75, 3.05) is 7.05 Å². The minimum Gasteiger partial charge on any atom is -0.331 e. The first-order valence-corrected chi connectivity index (χ1v) is 12.7. The van der Waals surface area contributed by atoms with Crippen molar-refractivity contribution in [1.82, 2.24) is 24.4 Å². The third kappa shape index (κ3) is 3.06. The van der Waals surface area contributed by atoms with Crippen LogP contribution < -0.4 is 5.73 Å². The van der Waals surface area contributed by atoms with Gasteiger partial charge < -0.3 is 15.2 Å². The van der Waals surface area contributed by atoms with Crippen LogP contribution in [0.2, 0.25) is 0 Å². The van der Waals surface area contributed by atoms with Crippen LogP contribution in [-0.4, -0.2) is 37.4 Å². The highest BCUT2D eigenvalue weighted by molar-refractivity contribution is 5.98. The van der Waals surface area contributed by atoms with Gasteiger partial charge in [-0.15, -0.1) is 6.42 Å². The summed E-state index contributed by atoms with van der Waals surface area (Å²) in [6, 6.07) is 11.7. The molecule has 1 fully saturated rings. The molecule has 7 rings (SSSR count). The zero-order valence-corrected chi connectivity index (χ0v) is 21.2. The summed E-state index contributed by atoms with van der Waals surface area (Å²) in [5.74, 6) is 4.40. The van der Waals surface area contributed by atoms with Crippen molar-refractivity contribution in [2.45, 2.75) is 50.7 Å². The largest absolute Gasteiger partial charge is 0.331 e. The Bertz CT molecular complexity index is 1650. The number of terminal acetylenes is 1. The number of carbonyl (C=O) groups is 1. The monoisotopic (exact) mass is 488 g/mol. The number of imidazole rings is 1. The highest BCUT2D eigenvalue weighted by Gasteiger charge is 2.49. The van der Waals surface area contributed by atoms with E-state index >= 15 is 0 Å². The lowest BCUT2D eigenvalue weighted by Gasteiger charge is -2.49. The second-order valence-corrected chi connectivity index (χ2v) is 11.6. The molecular weight excluding hydrogens is 460 g/mol. The van der Waals surface area contributed by atoms with Crippen LogP contribution in [0.4, 0.5) is 0 Å². The summed E-state index contributed by atoms with van der Waals surface area (Å²) >= 11 is 0. The van der Waals surface area contributed by atoms with Crippen molar-refractivity contribution < 1.29 is 4.79 Å². The van der Waals surface area contributed by atoms with Crippen LogP contribution in [0.5, 0.6) is 0 Å². The summed E-state index contributed by atoms with van der Waals surface area (Å²) in [5.41, 5.74) is 12.6. The van der Waals surface area contributed by atoms with Gasteiger partial charge in [0.25, 0.3) is 5.91 Å². The predicted octanol–water partition coefficient (Wildman–Crippen LogP) is 4.57. The van der Waals surface area contributed by atoms with Gasteiger partial charge in [-0.1, -0.05) is 31.9 Å². The molecule has 0 radical (unpaired) electrons. The third-order valence-electron chi connectivity index (χ3n) is 8.40. The number of aromatic nitrogens is 4. The SMILES string of the molecule is C#Cc1cccc2c1C1CC(c3nc4ccc(-c5cnc(C6(N)CC(C)(C)C6)nc5)cc4n31)N(C)C2=O. The number of fused-ring (bicyclic) bond motifs is 9. The Balaban J connectivity index is 1.34. The summed E-state index contributed by atoms with van der Waals surface area (Å²) in [6.07, 6.45) is 12.1. The molecule has 2 atom stereocenters. The lowest BCUT2D eigenvalue weighted by molar-refractivity contribution is 0.0548. The maximum atomic E-state index is 13.3. The van der Waals surface area contributed by atoms with E-state index in [0.29, 0.717) is 11.4 Å². The lowest BCUT2D eigenvalue weighted by Crippen LogP contribution is -2.54. The van der Waals surface area contributed by atoms with Crippen LogP contribution in [0.15, 0.2) is 48.8 Å². The van der Waals surface area contributed by atoms with Crippen molar-refractivity contribution in [3.63, 3.8) is 0 Å². The molecule has 0 spiro atoms. The molecule has 2 N–H and O–H groups in total. The average Bonchev–Trinajstić information content (AvgIpc) is 3.40. The first-order valence-electron chi connectivity index (χ1n) is 12.7. The molecule has 1 amide bonds. The number of carbonyl (C=O) groups excluding carboxylic acids is 1. The zero-order valence-electron chi connectivity index (χ0n) is 21.2. The standard InChI is InChI=1S/C30H28N6O/c1-5-17-7-6-8-20-25(17)23-12-24(35(4)27(20)37)26-34-21-10-9-18(11-22(21)36(23)26)19-13-32-28(33-14-19)30(31)15-29(2,3)16-30/h1,6-11,13-14,23-24H,12,15-16,31H2,2-4H3. The van der Waals surface area contributed by atoms with Crippen molar-refractivity contribution in [1.29, 1.82) is 0 Å². The van der Waals surface area contributed by atoms with Gasteiger partial charge in [0.15, 0.2) is 0 Å². The molecule has 2 aromatic heterocycles. The number of nitrogens with zero attached hydrogens (tertiary/aromatic N) is 5. The number of hydrogen-bond acceptors (Lipinski definition) is 5. The van der Waals surface area contributed by atoms with Gasteiger partial charge in [-0.2, -0.15) is 0 Å². The molecule has 1 saturated carbocycles. The molecule has 4 heterocycles. The van der Waals surface area contributed by atoms with Crippen LogP contribution in [-0.2, 0) is 5.54 Å². The lowest BCUT2D eigenvalue weighted by atomic mass is 9.59. The molecule has 37 heavy (non-hydrogen) atoms. The molecule has 2 aliphatic heterocycles. The predicted molar refractivity (Wildman–Crippen MR) is 142 cm³/mol. The summed E-state index contributed by atoms with van der Waals surface area (Å²) in [4.78, 5) is 29.4. The molecule has 7 nitrogen and oxygen atoms in total. The van der Waals surface area contributed by atoms with E-state index in [9.17, 15) is 4.79 Å². The van der Waals surface area contributed by atoms with Crippen molar-refractivity contribution in [3.05, 3.63) is 77.1 Å². The van der Waals surface area contributed by atoms with Crippen LogP contribution >= 0.6 is 0 Å². The maximum absolute atomic E-state index is 13.3. The Hall–Kier alpha value is -4.02. The molecule has 1 aliphatic carbocycles. The van der Waals surface area contributed by atoms with Crippen molar-refractivity contribution in [2.24, 2.45) is 11.1 Å². The summed E-state index contributed by atoms with van der Waals surface area (Å²) < 4.78 is 2.27. The van der Waals surface area contributed by atoms with Crippen molar-refractivity contribution in [3.8, 4) is 23.5 Å². The van der Waals surface area contributed by atoms with Crippen LogP contribution in [0, 0.1) is 17.8 Å². The summed E-state index contributed by atoms with van der Waals surface area (Å²) in [7, 11) is 1.86. The Labute approximate surface area is 215 Å². The van der Waals surface area contributed by atoms with Gasteiger partial charge in [0.1, 0.15) is 11.6 Å². The topological polar surface area (TPSA) is 89.9 Å². The van der Waals surface area contributed by atoms with E-state index < -0.39 is 5.54 Å². The summed E-state index contributed by atoms with van der Waals surface area (Å²) in [5, 5.41) is 0. The average molecular weight is 489 g/mol. The zero-order chi connectivity index (χ0) is 25.7. The second kappa shape index (κ2) is 7.27. The molecule has 184 valence electrons. The second-order valence-electron chi connectivity index (χ2n) is 11.6. The van der Waals surface area contributed by atoms with Gasteiger partial charge >= 0.3 is 0 Å². The van der Waals surface area contributed by atoms with Crippen molar-refractivity contribution >= 4 is 16.9 Å². The molecular formula is C30H28N6O. The normalized spacial score (nSPS) is 22.7. The van der Waals surface area contributed by atoms with E-state index in [1.54, 1.807) is 0 Å². The molecule has 0 saturated heterocycles. The first-order chi connectivity index (χ1) is 17.7. The minimum absolute atomic E-state index is 0.0108. The Morgan fingerprint density at radius 3 is 2.54 bits per heavy atom. The summed E-state index contributed by atoms with van der Waals surface area (Å²) in [6.45, 7) is 4.45. The number of rotatable bonds is 2. The number of benzene rings is 2. The van der Waals surface area contributed by atoms with Gasteiger partial charge in [-0.05, 0) is 48.1 Å². The fourth-order valence-electron chi connectivity index (χ4n) is 6.97. The fraction of sp³-hybridized carbons (Fsp3) is 0.333. The van der Waals surface area contributed by atoms with E-state index in [1.165, 1.54) is 0 Å². The first kappa shape index (κ1) is 22.2. The maximum Gasteiger partial charge on any atom is 0.254 e. The quantitative estimate of drug-likeness (QED) is 0.418. The Morgan fingerprint density at radius 2 is 1.84 bits per heavy atom. The molecule has 2 unspecified atom stereocenters. The van der Waals surface area contributed by atoms with E-state index in [2.05, 4.69) is 40.4 Å². The number of nitrogens with two attached hydrogens (primary N) is 1. The van der Waals surface area contributed by atoms with Gasteiger partial charge in [-0.25, -0.2) is 15.0 Å². The molecule has 7 heteroatoms. The van der Waals surface area contributed by atoms with Crippen LogP contribution in [0.1, 0.15) is 78.3 Å². The van der Waals surface area contributed by atoms with E-state index in [0.717, 1.165) is 58.4 Å². The van der Waals surface area contributed by atoms with E-state index in [1.807, 2.05) is 54.7 Å². The molecule has 4 aromatic rings. The van der Waals surface area contributed by atoms with Crippen LogP contribution in [0.25, 0.3) is 22.2 Å². The van der Waals surface area contributed by atoms with E-state index in [4.69, 9.17) is 17.1 Å². The molecule has 2 bridgehead atoms. The Kier molecular flexibility index (Phi) is 4.36. The molecule has 2 aromatic carbocycles. The van der Waals surface area contributed by atoms with Gasteiger partial charge in [0.2, 0.25) is 0 Å². The highest BCUT2D eigenvalue weighted by Crippen LogP contribution is 2.51. The van der Waals surface area contributed by atoms with Gasteiger partial charge in [0, 0.05) is 48.1 Å². The van der Waals surface area contributed by atoms with E-state index in [-0.39, 0.29) is 23.4 Å².